The quantitative estimate of drug-likeness (QED) is 0.572. The number of nitrogens with one attached hydrogen (secondary N) is 2. The summed E-state index contributed by atoms with van der Waals surface area (Å²) in [5.41, 5.74) is 9.34. The van der Waals surface area contributed by atoms with Gasteiger partial charge in [-0.25, -0.2) is 0 Å². The van der Waals surface area contributed by atoms with Crippen LogP contribution in [0.4, 0.5) is 0 Å². The Morgan fingerprint density at radius 1 is 1.00 bits per heavy atom. The van der Waals surface area contributed by atoms with E-state index < -0.39 is 12.1 Å². The summed E-state index contributed by atoms with van der Waals surface area (Å²) in [5, 5.41) is 5.68. The number of nitrogens with two attached hydrogens (primary N) is 1. The van der Waals surface area contributed by atoms with Crippen LogP contribution in [0.3, 0.4) is 0 Å². The zero-order chi connectivity index (χ0) is 23.8. The van der Waals surface area contributed by atoms with Gasteiger partial charge in [-0.2, -0.15) is 0 Å². The lowest BCUT2D eigenvalue weighted by atomic mass is 9.94. The van der Waals surface area contributed by atoms with Crippen LogP contribution in [0.5, 0.6) is 0 Å². The predicted octanol–water partition coefficient (Wildman–Crippen LogP) is 1.92. The molecule has 0 aliphatic carbocycles. The Morgan fingerprint density at radius 3 is 2.27 bits per heavy atom. The van der Waals surface area contributed by atoms with Gasteiger partial charge in [0.1, 0.15) is 6.04 Å². The topological polar surface area (TPSA) is 105 Å². The van der Waals surface area contributed by atoms with Gasteiger partial charge in [0.25, 0.3) is 0 Å². The number of benzene rings is 2. The van der Waals surface area contributed by atoms with Gasteiger partial charge in [0.2, 0.25) is 17.7 Å². The maximum absolute atomic E-state index is 12.7. The second kappa shape index (κ2) is 11.6. The first-order valence-corrected chi connectivity index (χ1v) is 11.6. The number of hydrogen-bond donors (Lipinski definition) is 3. The molecule has 2 aromatic rings. The molecule has 7 nitrogen and oxygen atoms in total. The zero-order valence-corrected chi connectivity index (χ0v) is 19.4. The van der Waals surface area contributed by atoms with Crippen molar-refractivity contribution in [3.05, 3.63) is 71.3 Å². The lowest BCUT2D eigenvalue weighted by Gasteiger charge is -2.33. The van der Waals surface area contributed by atoms with Crippen LogP contribution in [0.25, 0.3) is 0 Å². The van der Waals surface area contributed by atoms with Crippen molar-refractivity contribution < 1.29 is 14.4 Å². The van der Waals surface area contributed by atoms with Crippen LogP contribution < -0.4 is 16.4 Å². The van der Waals surface area contributed by atoms with Crippen molar-refractivity contribution in [2.24, 2.45) is 11.7 Å². The molecule has 3 amide bonds. The van der Waals surface area contributed by atoms with E-state index in [1.807, 2.05) is 61.5 Å². The smallest absolute Gasteiger partial charge is 0.242 e. The van der Waals surface area contributed by atoms with Gasteiger partial charge in [-0.15, -0.1) is 0 Å². The average molecular weight is 451 g/mol. The lowest BCUT2D eigenvalue weighted by Crippen LogP contribution is -2.51. The molecule has 1 aliphatic heterocycles. The normalized spacial score (nSPS) is 16.0. The van der Waals surface area contributed by atoms with Crippen molar-refractivity contribution in [1.29, 1.82) is 0 Å². The van der Waals surface area contributed by atoms with E-state index in [1.54, 1.807) is 11.8 Å². The molecule has 1 fully saturated rings. The third-order valence-corrected chi connectivity index (χ3v) is 6.13. The molecule has 0 aromatic heterocycles. The van der Waals surface area contributed by atoms with E-state index in [0.717, 1.165) is 16.7 Å². The molecule has 0 radical (unpaired) electrons. The predicted molar refractivity (Wildman–Crippen MR) is 128 cm³/mol. The average Bonchev–Trinajstić information content (AvgIpc) is 2.83. The molecular weight excluding hydrogens is 416 g/mol. The second-order valence-electron chi connectivity index (χ2n) is 8.83. The summed E-state index contributed by atoms with van der Waals surface area (Å²) in [6.07, 6.45) is 1.62. The fraction of sp³-hybridized carbons (Fsp3) is 0.423. The van der Waals surface area contributed by atoms with Gasteiger partial charge in [0, 0.05) is 25.6 Å². The summed E-state index contributed by atoms with van der Waals surface area (Å²) in [7, 11) is 0. The molecule has 0 bridgehead atoms. The van der Waals surface area contributed by atoms with E-state index in [4.69, 9.17) is 5.73 Å². The van der Waals surface area contributed by atoms with Gasteiger partial charge in [-0.1, -0.05) is 60.2 Å². The van der Waals surface area contributed by atoms with Crippen LogP contribution in [0, 0.1) is 12.8 Å². The monoisotopic (exact) mass is 450 g/mol. The van der Waals surface area contributed by atoms with E-state index in [-0.39, 0.29) is 23.6 Å². The summed E-state index contributed by atoms with van der Waals surface area (Å²) in [5.74, 6) is -0.662. The molecule has 1 heterocycles. The maximum Gasteiger partial charge on any atom is 0.242 e. The van der Waals surface area contributed by atoms with Crippen LogP contribution in [0.15, 0.2) is 54.6 Å². The number of rotatable bonds is 8. The number of carbonyl (C=O) groups is 3. The van der Waals surface area contributed by atoms with Gasteiger partial charge >= 0.3 is 0 Å². The first-order valence-electron chi connectivity index (χ1n) is 11.6. The Morgan fingerprint density at radius 2 is 1.64 bits per heavy atom. The van der Waals surface area contributed by atoms with Gasteiger partial charge in [0.15, 0.2) is 0 Å². The molecular formula is C26H34N4O3. The molecule has 176 valence electrons. The summed E-state index contributed by atoms with van der Waals surface area (Å²) >= 11 is 0. The third kappa shape index (κ3) is 7.15. The number of likely N-dealkylation sites (tertiary alicyclic amines) is 1. The van der Waals surface area contributed by atoms with E-state index >= 15 is 0 Å². The molecule has 3 rings (SSSR count). The highest BCUT2D eigenvalue weighted by molar-refractivity contribution is 5.88. The highest BCUT2D eigenvalue weighted by atomic mass is 16.2. The number of aryl methyl sites for hydroxylation is 1. The standard InChI is InChI=1S/C26H34N4O3/c1-18-8-10-21(11-9-18)17-28-24(31)19(2)29-25(32)22-12-14-30(15-13-22)26(33)23(27)16-20-6-4-3-5-7-20/h3-11,19,22-23H,12-17,27H2,1-2H3,(H,28,31)(H,29,32)/t19-,23-/m0/s1. The molecule has 0 saturated carbocycles. The molecule has 4 N–H and O–H groups in total. The summed E-state index contributed by atoms with van der Waals surface area (Å²) in [6.45, 7) is 5.10. The van der Waals surface area contributed by atoms with Gasteiger partial charge in [-0.3, -0.25) is 14.4 Å². The number of piperidine rings is 1. The second-order valence-corrected chi connectivity index (χ2v) is 8.83. The minimum absolute atomic E-state index is 0.0819. The first-order chi connectivity index (χ1) is 15.8. The molecule has 0 unspecified atom stereocenters. The number of hydrogen-bond acceptors (Lipinski definition) is 4. The number of nitrogens with zero attached hydrogens (tertiary/aromatic N) is 1. The Bertz CT molecular complexity index is 938. The van der Waals surface area contributed by atoms with Crippen molar-refractivity contribution in [2.45, 2.75) is 51.7 Å². The summed E-state index contributed by atoms with van der Waals surface area (Å²) in [6, 6.07) is 16.4. The highest BCUT2D eigenvalue weighted by Gasteiger charge is 2.30. The lowest BCUT2D eigenvalue weighted by molar-refractivity contribution is -0.137. The number of amides is 3. The summed E-state index contributed by atoms with van der Waals surface area (Å²) in [4.78, 5) is 39.5. The Labute approximate surface area is 195 Å². The maximum atomic E-state index is 12.7. The Kier molecular flexibility index (Phi) is 8.60. The number of carbonyl (C=O) groups excluding carboxylic acids is 3. The van der Waals surface area contributed by atoms with Crippen LogP contribution in [0.1, 0.15) is 36.5 Å². The largest absolute Gasteiger partial charge is 0.350 e. The van der Waals surface area contributed by atoms with Crippen LogP contribution in [0.2, 0.25) is 0 Å². The van der Waals surface area contributed by atoms with E-state index in [9.17, 15) is 14.4 Å². The highest BCUT2D eigenvalue weighted by Crippen LogP contribution is 2.19. The summed E-state index contributed by atoms with van der Waals surface area (Å²) < 4.78 is 0. The van der Waals surface area contributed by atoms with E-state index in [0.29, 0.717) is 38.9 Å². The zero-order valence-electron chi connectivity index (χ0n) is 19.4. The van der Waals surface area contributed by atoms with Gasteiger partial charge in [0.05, 0.1) is 6.04 Å². The first kappa shape index (κ1) is 24.5. The third-order valence-electron chi connectivity index (χ3n) is 6.13. The van der Waals surface area contributed by atoms with Gasteiger partial charge < -0.3 is 21.3 Å². The van der Waals surface area contributed by atoms with Crippen molar-refractivity contribution in [1.82, 2.24) is 15.5 Å². The van der Waals surface area contributed by atoms with Crippen LogP contribution >= 0.6 is 0 Å². The molecule has 2 aromatic carbocycles. The molecule has 7 heteroatoms. The molecule has 2 atom stereocenters. The molecule has 1 aliphatic rings. The van der Waals surface area contributed by atoms with Crippen molar-refractivity contribution in [3.8, 4) is 0 Å². The molecule has 1 saturated heterocycles. The van der Waals surface area contributed by atoms with E-state index in [2.05, 4.69) is 10.6 Å². The Hall–Kier alpha value is -3.19. The molecule has 33 heavy (non-hydrogen) atoms. The fourth-order valence-corrected chi connectivity index (χ4v) is 4.00. The van der Waals surface area contributed by atoms with Crippen LogP contribution in [-0.4, -0.2) is 47.8 Å². The van der Waals surface area contributed by atoms with Crippen molar-refractivity contribution in [2.75, 3.05) is 13.1 Å². The molecule has 0 spiro atoms. The van der Waals surface area contributed by atoms with Gasteiger partial charge in [-0.05, 0) is 44.2 Å². The van der Waals surface area contributed by atoms with E-state index in [1.165, 1.54) is 0 Å². The van der Waals surface area contributed by atoms with Crippen molar-refractivity contribution >= 4 is 17.7 Å². The minimum Gasteiger partial charge on any atom is -0.350 e. The minimum atomic E-state index is -0.623. The van der Waals surface area contributed by atoms with Crippen molar-refractivity contribution in [3.63, 3.8) is 0 Å². The Balaban J connectivity index is 1.40. The fourth-order valence-electron chi connectivity index (χ4n) is 4.00. The SMILES string of the molecule is Cc1ccc(CNC(=O)[C@H](C)NC(=O)C2CCN(C(=O)[C@@H](N)Cc3ccccc3)CC2)cc1. The van der Waals surface area contributed by atoms with Crippen LogP contribution in [-0.2, 0) is 27.3 Å².